The second-order valence-corrected chi connectivity index (χ2v) is 10.1. The van der Waals surface area contributed by atoms with Gasteiger partial charge in [-0.3, -0.25) is 14.3 Å². The third-order valence-corrected chi connectivity index (χ3v) is 7.37. The molecule has 1 saturated carbocycles. The molecule has 2 amide bonds. The third kappa shape index (κ3) is 4.15. The lowest BCUT2D eigenvalue weighted by atomic mass is 9.86. The normalized spacial score (nSPS) is 24.7. The highest BCUT2D eigenvalue weighted by Gasteiger charge is 2.48. The van der Waals surface area contributed by atoms with E-state index in [-0.39, 0.29) is 24.4 Å². The van der Waals surface area contributed by atoms with E-state index in [1.54, 1.807) is 28.0 Å². The SMILES string of the molecule is Cc1ccc(CN2C(=O)c3cc(-c4ccco4)nn3C[C@]2(C)C(=O)NC2CCC(C)CC2)cc1. The lowest BCUT2D eigenvalue weighted by Gasteiger charge is -2.44. The number of fused-ring (bicyclic) bond motifs is 1. The molecule has 7 nitrogen and oxygen atoms in total. The molecule has 1 atom stereocenters. The lowest BCUT2D eigenvalue weighted by Crippen LogP contribution is -2.64. The molecule has 3 aromatic rings. The maximum absolute atomic E-state index is 13.8. The number of carbonyl (C=O) groups excluding carboxylic acids is 2. The van der Waals surface area contributed by atoms with Crippen LogP contribution in [0.4, 0.5) is 0 Å². The molecular formula is C27H32N4O3. The smallest absolute Gasteiger partial charge is 0.273 e. The third-order valence-electron chi connectivity index (χ3n) is 7.37. The van der Waals surface area contributed by atoms with Gasteiger partial charge >= 0.3 is 0 Å². The number of rotatable bonds is 5. The Hall–Kier alpha value is -3.35. The van der Waals surface area contributed by atoms with E-state index >= 15 is 0 Å². The van der Waals surface area contributed by atoms with Crippen LogP contribution in [0.15, 0.2) is 53.1 Å². The number of aromatic nitrogens is 2. The van der Waals surface area contributed by atoms with Crippen LogP contribution in [-0.2, 0) is 17.9 Å². The minimum Gasteiger partial charge on any atom is -0.463 e. The van der Waals surface area contributed by atoms with E-state index in [1.807, 2.05) is 44.2 Å². The minimum absolute atomic E-state index is 0.117. The van der Waals surface area contributed by atoms with Crippen molar-refractivity contribution in [2.75, 3.05) is 0 Å². The quantitative estimate of drug-likeness (QED) is 0.605. The molecule has 2 aromatic heterocycles. The van der Waals surface area contributed by atoms with Gasteiger partial charge in [0.25, 0.3) is 5.91 Å². The van der Waals surface area contributed by atoms with Crippen molar-refractivity contribution in [3.63, 3.8) is 0 Å². The van der Waals surface area contributed by atoms with Crippen LogP contribution in [-0.4, -0.2) is 38.1 Å². The summed E-state index contributed by atoms with van der Waals surface area (Å²) in [5, 5.41) is 7.89. The molecule has 1 aromatic carbocycles. The standard InChI is InChI=1S/C27H32N4O3/c1-18-6-10-20(11-7-18)16-30-25(32)23-15-22(24-5-4-14-34-24)29-31(23)17-27(30,3)26(33)28-21-12-8-19(2)9-13-21/h4-7,10-11,14-15,19,21H,8-9,12-13,16-17H2,1-3H3,(H,28,33)/t19?,21?,27-/m1/s1. The zero-order chi connectivity index (χ0) is 23.9. The van der Waals surface area contributed by atoms with Gasteiger partial charge in [0.1, 0.15) is 16.9 Å². The number of aryl methyl sites for hydroxylation is 1. The number of benzene rings is 1. The minimum atomic E-state index is -1.06. The van der Waals surface area contributed by atoms with Crippen molar-refractivity contribution < 1.29 is 14.0 Å². The van der Waals surface area contributed by atoms with E-state index in [0.29, 0.717) is 29.6 Å². The first-order valence-corrected chi connectivity index (χ1v) is 12.1. The Bertz CT molecular complexity index is 1170. The molecule has 1 fully saturated rings. The fraction of sp³-hybridized carbons (Fsp3) is 0.444. The number of hydrogen-bond donors (Lipinski definition) is 1. The number of furan rings is 1. The molecule has 2 aliphatic rings. The van der Waals surface area contributed by atoms with E-state index in [4.69, 9.17) is 4.42 Å². The Labute approximate surface area is 200 Å². The van der Waals surface area contributed by atoms with Crippen molar-refractivity contribution in [2.24, 2.45) is 5.92 Å². The predicted octanol–water partition coefficient (Wildman–Crippen LogP) is 4.56. The van der Waals surface area contributed by atoms with Gasteiger partial charge in [-0.1, -0.05) is 36.8 Å². The van der Waals surface area contributed by atoms with Gasteiger partial charge in [-0.15, -0.1) is 0 Å². The second-order valence-electron chi connectivity index (χ2n) is 10.1. The van der Waals surface area contributed by atoms with Crippen LogP contribution in [0, 0.1) is 12.8 Å². The molecule has 0 saturated heterocycles. The maximum Gasteiger partial charge on any atom is 0.273 e. The topological polar surface area (TPSA) is 80.4 Å². The first-order chi connectivity index (χ1) is 16.3. The molecule has 34 heavy (non-hydrogen) atoms. The highest BCUT2D eigenvalue weighted by molar-refractivity contribution is 6.00. The van der Waals surface area contributed by atoms with Gasteiger partial charge in [0.2, 0.25) is 5.91 Å². The predicted molar refractivity (Wildman–Crippen MR) is 129 cm³/mol. The van der Waals surface area contributed by atoms with Crippen molar-refractivity contribution in [3.05, 3.63) is 65.5 Å². The van der Waals surface area contributed by atoms with Crippen LogP contribution in [0.5, 0.6) is 0 Å². The summed E-state index contributed by atoms with van der Waals surface area (Å²) in [6, 6.07) is 13.6. The molecule has 7 heteroatoms. The molecule has 5 rings (SSSR count). The highest BCUT2D eigenvalue weighted by atomic mass is 16.3. The molecule has 0 spiro atoms. The molecule has 1 N–H and O–H groups in total. The molecular weight excluding hydrogens is 428 g/mol. The Balaban J connectivity index is 1.48. The molecule has 0 unspecified atom stereocenters. The maximum atomic E-state index is 13.8. The molecule has 0 radical (unpaired) electrons. The second kappa shape index (κ2) is 8.78. The Morgan fingerprint density at radius 1 is 1.18 bits per heavy atom. The van der Waals surface area contributed by atoms with Crippen molar-refractivity contribution in [2.45, 2.75) is 71.1 Å². The van der Waals surface area contributed by atoms with E-state index in [0.717, 1.165) is 36.8 Å². The molecule has 1 aliphatic heterocycles. The summed E-state index contributed by atoms with van der Waals surface area (Å²) in [6.45, 7) is 6.80. The molecule has 3 heterocycles. The fourth-order valence-electron chi connectivity index (χ4n) is 5.06. The number of amides is 2. The zero-order valence-electron chi connectivity index (χ0n) is 20.1. The number of hydrogen-bond acceptors (Lipinski definition) is 4. The monoisotopic (exact) mass is 460 g/mol. The van der Waals surface area contributed by atoms with Crippen LogP contribution < -0.4 is 5.32 Å². The first-order valence-electron chi connectivity index (χ1n) is 12.1. The molecule has 178 valence electrons. The summed E-state index contributed by atoms with van der Waals surface area (Å²) in [5.74, 6) is 0.979. The van der Waals surface area contributed by atoms with E-state index < -0.39 is 5.54 Å². The van der Waals surface area contributed by atoms with E-state index in [1.165, 1.54) is 0 Å². The van der Waals surface area contributed by atoms with Gasteiger partial charge in [-0.25, -0.2) is 0 Å². The summed E-state index contributed by atoms with van der Waals surface area (Å²) in [5.41, 5.74) is 2.14. The fourth-order valence-corrected chi connectivity index (χ4v) is 5.06. The van der Waals surface area contributed by atoms with E-state index in [2.05, 4.69) is 17.3 Å². The van der Waals surface area contributed by atoms with Crippen LogP contribution in [0.3, 0.4) is 0 Å². The van der Waals surface area contributed by atoms with Crippen LogP contribution in [0.25, 0.3) is 11.5 Å². The lowest BCUT2D eigenvalue weighted by molar-refractivity contribution is -0.134. The zero-order valence-corrected chi connectivity index (χ0v) is 20.1. The summed E-state index contributed by atoms with van der Waals surface area (Å²) >= 11 is 0. The Morgan fingerprint density at radius 2 is 1.91 bits per heavy atom. The van der Waals surface area contributed by atoms with Gasteiger partial charge in [0, 0.05) is 18.7 Å². The van der Waals surface area contributed by atoms with Crippen molar-refractivity contribution in [1.29, 1.82) is 0 Å². The molecule has 0 bridgehead atoms. The summed E-state index contributed by atoms with van der Waals surface area (Å²) in [4.78, 5) is 29.2. The average molecular weight is 461 g/mol. The summed E-state index contributed by atoms with van der Waals surface area (Å²) in [6.07, 6.45) is 5.77. The van der Waals surface area contributed by atoms with Crippen molar-refractivity contribution in [1.82, 2.24) is 20.0 Å². The van der Waals surface area contributed by atoms with Crippen molar-refractivity contribution in [3.8, 4) is 11.5 Å². The van der Waals surface area contributed by atoms with Gasteiger partial charge in [-0.2, -0.15) is 5.10 Å². The number of nitrogens with one attached hydrogen (secondary N) is 1. The number of carbonyl (C=O) groups is 2. The van der Waals surface area contributed by atoms with Crippen molar-refractivity contribution >= 4 is 11.8 Å². The van der Waals surface area contributed by atoms with Gasteiger partial charge in [0.15, 0.2) is 5.76 Å². The summed E-state index contributed by atoms with van der Waals surface area (Å²) in [7, 11) is 0. The number of nitrogens with zero attached hydrogens (tertiary/aromatic N) is 3. The van der Waals surface area contributed by atoms with Crippen LogP contribution in [0.1, 0.15) is 61.1 Å². The summed E-state index contributed by atoms with van der Waals surface area (Å²) < 4.78 is 7.16. The van der Waals surface area contributed by atoms with Gasteiger partial charge in [0.05, 0.1) is 12.8 Å². The largest absolute Gasteiger partial charge is 0.463 e. The van der Waals surface area contributed by atoms with Gasteiger partial charge < -0.3 is 14.6 Å². The van der Waals surface area contributed by atoms with E-state index in [9.17, 15) is 9.59 Å². The Kier molecular flexibility index (Phi) is 5.80. The Morgan fingerprint density at radius 3 is 2.59 bits per heavy atom. The highest BCUT2D eigenvalue weighted by Crippen LogP contribution is 2.32. The first kappa shape index (κ1) is 22.4. The van der Waals surface area contributed by atoms with Crippen LogP contribution >= 0.6 is 0 Å². The van der Waals surface area contributed by atoms with Gasteiger partial charge in [-0.05, 0) is 63.1 Å². The van der Waals surface area contributed by atoms with Crippen LogP contribution in [0.2, 0.25) is 0 Å². The average Bonchev–Trinajstić information content (AvgIpc) is 3.49. The molecule has 1 aliphatic carbocycles.